The Balaban J connectivity index is 2.21. The van der Waals surface area contributed by atoms with Crippen molar-refractivity contribution in [3.8, 4) is 0 Å². The van der Waals surface area contributed by atoms with Gasteiger partial charge in [0.1, 0.15) is 0 Å². The van der Waals surface area contributed by atoms with E-state index >= 15 is 0 Å². The van der Waals surface area contributed by atoms with Crippen molar-refractivity contribution in [2.75, 3.05) is 18.4 Å². The van der Waals surface area contributed by atoms with E-state index in [1.54, 1.807) is 0 Å². The summed E-state index contributed by atoms with van der Waals surface area (Å²) in [6.07, 6.45) is 0. The molecule has 0 saturated carbocycles. The average molecular weight is 317 g/mol. The van der Waals surface area contributed by atoms with Crippen molar-refractivity contribution in [3.63, 3.8) is 0 Å². The lowest BCUT2D eigenvalue weighted by Crippen LogP contribution is -2.28. The molecule has 0 radical (unpaired) electrons. The quantitative estimate of drug-likeness (QED) is 0.800. The predicted molar refractivity (Wildman–Crippen MR) is 77.6 cm³/mol. The third-order valence-electron chi connectivity index (χ3n) is 3.39. The predicted octanol–water partition coefficient (Wildman–Crippen LogP) is 2.49. The molecule has 0 aromatic heterocycles. The molecule has 1 aromatic rings. The minimum atomic E-state index is -1.12. The summed E-state index contributed by atoms with van der Waals surface area (Å²) in [4.78, 5) is 23.0. The number of carbonyl (C=O) groups is 2. The van der Waals surface area contributed by atoms with Crippen LogP contribution in [0.4, 0.5) is 5.69 Å². The fourth-order valence-corrected chi connectivity index (χ4v) is 2.77. The maximum absolute atomic E-state index is 12.2. The van der Waals surface area contributed by atoms with Gasteiger partial charge in [-0.25, -0.2) is 4.79 Å². The summed E-state index contributed by atoms with van der Waals surface area (Å²) in [6, 6.07) is 2.53. The Morgan fingerprint density at radius 3 is 2.35 bits per heavy atom. The Morgan fingerprint density at radius 1 is 1.30 bits per heavy atom. The maximum atomic E-state index is 12.2. The van der Waals surface area contributed by atoms with Gasteiger partial charge >= 0.3 is 5.97 Å². The highest BCUT2D eigenvalue weighted by molar-refractivity contribution is 6.40. The van der Waals surface area contributed by atoms with Gasteiger partial charge in [0.15, 0.2) is 0 Å². The van der Waals surface area contributed by atoms with Crippen LogP contribution in [0.2, 0.25) is 10.0 Å². The van der Waals surface area contributed by atoms with Gasteiger partial charge in [0.05, 0.1) is 27.2 Å². The van der Waals surface area contributed by atoms with E-state index in [0.29, 0.717) is 6.54 Å². The van der Waals surface area contributed by atoms with Crippen molar-refractivity contribution < 1.29 is 14.7 Å². The van der Waals surface area contributed by atoms with Crippen LogP contribution >= 0.6 is 23.2 Å². The van der Waals surface area contributed by atoms with Crippen LogP contribution in [0.5, 0.6) is 0 Å². The molecule has 0 unspecified atom stereocenters. The molecule has 1 fully saturated rings. The monoisotopic (exact) mass is 316 g/mol. The molecule has 0 aliphatic carbocycles. The molecule has 3 N–H and O–H groups in total. The first-order chi connectivity index (χ1) is 9.40. The fraction of sp³-hybridized carbons (Fsp3) is 0.385. The summed E-state index contributed by atoms with van der Waals surface area (Å²) in [5, 5.41) is 14.9. The summed E-state index contributed by atoms with van der Waals surface area (Å²) in [6.45, 7) is 3.38. The van der Waals surface area contributed by atoms with Crippen LogP contribution in [-0.4, -0.2) is 30.1 Å². The van der Waals surface area contributed by atoms with Gasteiger partial charge in [-0.3, -0.25) is 4.79 Å². The number of carbonyl (C=O) groups excluding carboxylic acids is 1. The van der Waals surface area contributed by atoms with Gasteiger partial charge < -0.3 is 15.7 Å². The number of hydrogen-bond donors (Lipinski definition) is 3. The number of amides is 1. The smallest absolute Gasteiger partial charge is 0.335 e. The average Bonchev–Trinajstić information content (AvgIpc) is 2.79. The number of aromatic carboxylic acids is 1. The normalized spacial score (nSPS) is 21.8. The van der Waals surface area contributed by atoms with Gasteiger partial charge in [-0.15, -0.1) is 0 Å². The maximum Gasteiger partial charge on any atom is 0.335 e. The van der Waals surface area contributed by atoms with Gasteiger partial charge in [-0.1, -0.05) is 30.1 Å². The first-order valence-electron chi connectivity index (χ1n) is 6.14. The third-order valence-corrected chi connectivity index (χ3v) is 3.99. The van der Waals surface area contributed by atoms with Crippen molar-refractivity contribution in [2.45, 2.75) is 6.92 Å². The molecule has 108 valence electrons. The third kappa shape index (κ3) is 3.06. The lowest BCUT2D eigenvalue weighted by Gasteiger charge is -2.16. The van der Waals surface area contributed by atoms with Crippen molar-refractivity contribution in [1.29, 1.82) is 0 Å². The summed E-state index contributed by atoms with van der Waals surface area (Å²) in [5.41, 5.74) is 0.233. The van der Waals surface area contributed by atoms with Gasteiger partial charge in [0.25, 0.3) is 0 Å². The summed E-state index contributed by atoms with van der Waals surface area (Å²) in [7, 11) is 0. The van der Waals surface area contributed by atoms with Crippen LogP contribution < -0.4 is 10.6 Å². The Kier molecular flexibility index (Phi) is 4.52. The first kappa shape index (κ1) is 15.1. The number of nitrogens with one attached hydrogen (secondary N) is 2. The van der Waals surface area contributed by atoms with E-state index in [4.69, 9.17) is 28.3 Å². The number of carboxylic acids is 1. The molecule has 5 nitrogen and oxygen atoms in total. The van der Waals surface area contributed by atoms with E-state index < -0.39 is 5.97 Å². The van der Waals surface area contributed by atoms with E-state index in [2.05, 4.69) is 10.6 Å². The van der Waals surface area contributed by atoms with Gasteiger partial charge in [-0.2, -0.15) is 0 Å². The van der Waals surface area contributed by atoms with Crippen LogP contribution in [0.3, 0.4) is 0 Å². The van der Waals surface area contributed by atoms with Gasteiger partial charge in [-0.05, 0) is 24.6 Å². The van der Waals surface area contributed by atoms with E-state index in [1.165, 1.54) is 12.1 Å². The van der Waals surface area contributed by atoms with Crippen LogP contribution in [-0.2, 0) is 4.79 Å². The highest BCUT2D eigenvalue weighted by Crippen LogP contribution is 2.33. The molecule has 0 spiro atoms. The molecule has 1 aliphatic rings. The summed E-state index contributed by atoms with van der Waals surface area (Å²) < 4.78 is 0. The molecular weight excluding hydrogens is 303 g/mol. The lowest BCUT2D eigenvalue weighted by molar-refractivity contribution is -0.120. The van der Waals surface area contributed by atoms with Crippen molar-refractivity contribution >= 4 is 40.8 Å². The molecule has 7 heteroatoms. The second kappa shape index (κ2) is 5.99. The molecule has 20 heavy (non-hydrogen) atoms. The first-order valence-corrected chi connectivity index (χ1v) is 6.89. The molecular formula is C13H14Cl2N2O3. The van der Waals surface area contributed by atoms with E-state index in [9.17, 15) is 9.59 Å². The van der Waals surface area contributed by atoms with E-state index in [1.807, 2.05) is 6.92 Å². The van der Waals surface area contributed by atoms with Gasteiger partial charge in [0, 0.05) is 6.54 Å². The highest BCUT2D eigenvalue weighted by atomic mass is 35.5. The molecule has 2 rings (SSSR count). The van der Waals surface area contributed by atoms with Gasteiger partial charge in [0.2, 0.25) is 5.91 Å². The Labute approximate surface area is 126 Å². The fourth-order valence-electron chi connectivity index (χ4n) is 2.19. The second-order valence-corrected chi connectivity index (χ2v) is 5.67. The number of carboxylic acid groups (broad SMARTS) is 1. The largest absolute Gasteiger partial charge is 0.478 e. The summed E-state index contributed by atoms with van der Waals surface area (Å²) >= 11 is 12.0. The Morgan fingerprint density at radius 2 is 1.90 bits per heavy atom. The lowest BCUT2D eigenvalue weighted by atomic mass is 9.97. The Bertz CT molecular complexity index is 540. The zero-order valence-corrected chi connectivity index (χ0v) is 12.3. The Hall–Kier alpha value is -1.30. The molecule has 1 heterocycles. The second-order valence-electron chi connectivity index (χ2n) is 4.85. The zero-order valence-electron chi connectivity index (χ0n) is 10.7. The van der Waals surface area contributed by atoms with Crippen molar-refractivity contribution in [3.05, 3.63) is 27.7 Å². The minimum absolute atomic E-state index is 0.0195. The summed E-state index contributed by atoms with van der Waals surface area (Å²) in [5.74, 6) is -1.22. The number of hydrogen-bond acceptors (Lipinski definition) is 3. The van der Waals surface area contributed by atoms with Crippen LogP contribution in [0.1, 0.15) is 17.3 Å². The molecule has 1 saturated heterocycles. The van der Waals surface area contributed by atoms with Crippen molar-refractivity contribution in [2.24, 2.45) is 11.8 Å². The molecule has 1 aliphatic heterocycles. The molecule has 2 atom stereocenters. The van der Waals surface area contributed by atoms with Crippen molar-refractivity contribution in [1.82, 2.24) is 5.32 Å². The number of halogens is 2. The highest BCUT2D eigenvalue weighted by Gasteiger charge is 2.30. The topological polar surface area (TPSA) is 78.4 Å². The minimum Gasteiger partial charge on any atom is -0.478 e. The van der Waals surface area contributed by atoms with E-state index in [-0.39, 0.29) is 39.0 Å². The molecule has 1 aromatic carbocycles. The number of benzene rings is 1. The zero-order chi connectivity index (χ0) is 14.9. The van der Waals surface area contributed by atoms with Crippen LogP contribution in [0.15, 0.2) is 12.1 Å². The van der Waals surface area contributed by atoms with Crippen LogP contribution in [0, 0.1) is 11.8 Å². The number of rotatable bonds is 3. The standard InChI is InChI=1S/C13H14Cl2N2O3/c1-6-4-16-5-8(6)12(18)17-11-9(14)2-7(13(19)20)3-10(11)15/h2-3,6,8,16H,4-5H2,1H3,(H,17,18)(H,19,20)/t6-,8-/m1/s1. The molecule has 1 amide bonds. The number of anilines is 1. The molecule has 0 bridgehead atoms. The SMILES string of the molecule is C[C@@H]1CNC[C@H]1C(=O)Nc1c(Cl)cc(C(=O)O)cc1Cl. The van der Waals surface area contributed by atoms with E-state index in [0.717, 1.165) is 6.54 Å². The van der Waals surface area contributed by atoms with Crippen LogP contribution in [0.25, 0.3) is 0 Å².